The lowest BCUT2D eigenvalue weighted by Crippen LogP contribution is -2.46. The minimum atomic E-state index is -4.02. The summed E-state index contributed by atoms with van der Waals surface area (Å²) in [6.45, 7) is 4.76. The molecule has 1 aliphatic rings. The van der Waals surface area contributed by atoms with Crippen molar-refractivity contribution in [3.63, 3.8) is 0 Å². The molecule has 0 aliphatic carbocycles. The molecular weight excluding hydrogens is 384 g/mol. The first-order valence-electron chi connectivity index (χ1n) is 9.02. The lowest BCUT2D eigenvalue weighted by atomic mass is 10.2. The number of carbonyl (C=O) groups is 3. The van der Waals surface area contributed by atoms with E-state index >= 15 is 0 Å². The van der Waals surface area contributed by atoms with Gasteiger partial charge in [0, 0.05) is 19.3 Å². The standard InChI is InChI=1S/C18H26N4O5S/c1-5-10-21(11-16(23)19-15-9-7-6-8-13(15)2)17(24)12-22-14(3)18(25)20(4)28(22,26)27/h6-9,14H,5,10-12H2,1-4H3,(H,19,23)/t14-/m1/s1. The molecular formula is C18H26N4O5S. The first kappa shape index (κ1) is 21.8. The average molecular weight is 410 g/mol. The summed E-state index contributed by atoms with van der Waals surface area (Å²) in [4.78, 5) is 38.3. The quantitative estimate of drug-likeness (QED) is 0.708. The van der Waals surface area contributed by atoms with Crippen LogP contribution in [0, 0.1) is 6.92 Å². The fraction of sp³-hybridized carbons (Fsp3) is 0.500. The Hall–Kier alpha value is -2.46. The van der Waals surface area contributed by atoms with Gasteiger partial charge in [-0.3, -0.25) is 14.4 Å². The molecule has 1 aliphatic heterocycles. The molecule has 0 spiro atoms. The number of benzene rings is 1. The van der Waals surface area contributed by atoms with Crippen molar-refractivity contribution in [2.24, 2.45) is 0 Å². The fourth-order valence-corrected chi connectivity index (χ4v) is 4.40. The van der Waals surface area contributed by atoms with E-state index in [1.165, 1.54) is 11.8 Å². The number of hydrogen-bond acceptors (Lipinski definition) is 5. The van der Waals surface area contributed by atoms with Gasteiger partial charge < -0.3 is 10.2 Å². The minimum absolute atomic E-state index is 0.201. The first-order chi connectivity index (χ1) is 13.1. The number of nitrogens with one attached hydrogen (secondary N) is 1. The topological polar surface area (TPSA) is 107 Å². The summed E-state index contributed by atoms with van der Waals surface area (Å²) < 4.78 is 26.1. The normalized spacial score (nSPS) is 18.9. The number of rotatable bonds is 7. The summed E-state index contributed by atoms with van der Waals surface area (Å²) in [5, 5.41) is 2.76. The summed E-state index contributed by atoms with van der Waals surface area (Å²) in [7, 11) is -2.86. The first-order valence-corrected chi connectivity index (χ1v) is 10.4. The molecule has 1 fully saturated rings. The van der Waals surface area contributed by atoms with E-state index in [-0.39, 0.29) is 12.5 Å². The molecule has 1 atom stereocenters. The number of likely N-dealkylation sites (N-methyl/N-ethyl adjacent to an activating group) is 1. The highest BCUT2D eigenvalue weighted by Gasteiger charge is 2.47. The van der Waals surface area contributed by atoms with Crippen molar-refractivity contribution in [2.75, 3.05) is 32.0 Å². The summed E-state index contributed by atoms with van der Waals surface area (Å²) in [5.74, 6) is -1.49. The highest BCUT2D eigenvalue weighted by Crippen LogP contribution is 2.22. The summed E-state index contributed by atoms with van der Waals surface area (Å²) in [6, 6.07) is 6.32. The van der Waals surface area contributed by atoms with E-state index in [4.69, 9.17) is 0 Å². The van der Waals surface area contributed by atoms with Gasteiger partial charge >= 0.3 is 10.2 Å². The monoisotopic (exact) mass is 410 g/mol. The smallest absolute Gasteiger partial charge is 0.307 e. The van der Waals surface area contributed by atoms with Crippen LogP contribution in [0.15, 0.2) is 24.3 Å². The number of aryl methyl sites for hydroxylation is 1. The van der Waals surface area contributed by atoms with E-state index in [9.17, 15) is 22.8 Å². The number of carbonyl (C=O) groups excluding carboxylic acids is 3. The molecule has 0 aromatic heterocycles. The Bertz CT molecular complexity index is 870. The summed E-state index contributed by atoms with van der Waals surface area (Å²) in [5.41, 5.74) is 1.54. The molecule has 154 valence electrons. The van der Waals surface area contributed by atoms with Gasteiger partial charge in [0.2, 0.25) is 11.8 Å². The number of para-hydroxylation sites is 1. The van der Waals surface area contributed by atoms with Crippen LogP contribution in [0.5, 0.6) is 0 Å². The van der Waals surface area contributed by atoms with Gasteiger partial charge in [0.1, 0.15) is 6.04 Å². The van der Waals surface area contributed by atoms with Crippen LogP contribution in [0.25, 0.3) is 0 Å². The largest absolute Gasteiger partial charge is 0.332 e. The molecule has 9 nitrogen and oxygen atoms in total. The minimum Gasteiger partial charge on any atom is -0.332 e. The van der Waals surface area contributed by atoms with E-state index in [1.807, 2.05) is 26.0 Å². The summed E-state index contributed by atoms with van der Waals surface area (Å²) in [6.07, 6.45) is 0.602. The molecule has 0 bridgehead atoms. The Morgan fingerprint density at radius 3 is 2.43 bits per heavy atom. The van der Waals surface area contributed by atoms with Crippen molar-refractivity contribution in [3.8, 4) is 0 Å². The van der Waals surface area contributed by atoms with Crippen LogP contribution >= 0.6 is 0 Å². The molecule has 28 heavy (non-hydrogen) atoms. The highest BCUT2D eigenvalue weighted by atomic mass is 32.2. The molecule has 0 saturated carbocycles. The highest BCUT2D eigenvalue weighted by molar-refractivity contribution is 7.87. The Morgan fingerprint density at radius 1 is 1.25 bits per heavy atom. The molecule has 1 saturated heterocycles. The zero-order chi connectivity index (χ0) is 21.1. The van der Waals surface area contributed by atoms with Gasteiger partial charge in [-0.05, 0) is 31.9 Å². The van der Waals surface area contributed by atoms with Gasteiger partial charge in [0.25, 0.3) is 5.91 Å². The maximum atomic E-state index is 12.7. The zero-order valence-corrected chi connectivity index (χ0v) is 17.3. The molecule has 0 unspecified atom stereocenters. The van der Waals surface area contributed by atoms with E-state index in [0.29, 0.717) is 23.0 Å². The second kappa shape index (κ2) is 8.70. The second-order valence-electron chi connectivity index (χ2n) is 6.71. The molecule has 1 heterocycles. The predicted molar refractivity (Wildman–Crippen MR) is 105 cm³/mol. The fourth-order valence-electron chi connectivity index (χ4n) is 2.95. The SMILES string of the molecule is CCCN(CC(=O)Nc1ccccc1C)C(=O)CN1[C@H](C)C(=O)N(C)S1(=O)=O. The van der Waals surface area contributed by atoms with Crippen molar-refractivity contribution in [3.05, 3.63) is 29.8 Å². The Balaban J connectivity index is 2.08. The van der Waals surface area contributed by atoms with Gasteiger partial charge in [-0.1, -0.05) is 25.1 Å². The molecule has 1 aromatic carbocycles. The van der Waals surface area contributed by atoms with E-state index in [2.05, 4.69) is 5.32 Å². The lowest BCUT2D eigenvalue weighted by molar-refractivity contribution is -0.135. The average Bonchev–Trinajstić information content (AvgIpc) is 2.78. The predicted octanol–water partition coefficient (Wildman–Crippen LogP) is 0.579. The Kier molecular flexibility index (Phi) is 6.78. The number of nitrogens with zero attached hydrogens (tertiary/aromatic N) is 3. The van der Waals surface area contributed by atoms with Crippen molar-refractivity contribution in [1.82, 2.24) is 13.5 Å². The third kappa shape index (κ3) is 4.50. The van der Waals surface area contributed by atoms with Crippen molar-refractivity contribution in [2.45, 2.75) is 33.2 Å². The van der Waals surface area contributed by atoms with Gasteiger partial charge in [-0.25, -0.2) is 4.31 Å². The molecule has 3 amide bonds. The Morgan fingerprint density at radius 2 is 1.89 bits per heavy atom. The van der Waals surface area contributed by atoms with Crippen LogP contribution in [0.4, 0.5) is 5.69 Å². The van der Waals surface area contributed by atoms with E-state index in [1.54, 1.807) is 12.1 Å². The van der Waals surface area contributed by atoms with Crippen LogP contribution < -0.4 is 5.32 Å². The van der Waals surface area contributed by atoms with Crippen molar-refractivity contribution < 1.29 is 22.8 Å². The molecule has 10 heteroatoms. The third-order valence-corrected chi connectivity index (χ3v) is 6.54. The molecule has 1 N–H and O–H groups in total. The van der Waals surface area contributed by atoms with Crippen LogP contribution in [0.1, 0.15) is 25.8 Å². The lowest BCUT2D eigenvalue weighted by Gasteiger charge is -2.25. The van der Waals surface area contributed by atoms with Crippen LogP contribution in [-0.2, 0) is 24.6 Å². The van der Waals surface area contributed by atoms with Gasteiger partial charge in [0.05, 0.1) is 13.1 Å². The van der Waals surface area contributed by atoms with Crippen molar-refractivity contribution in [1.29, 1.82) is 0 Å². The van der Waals surface area contributed by atoms with E-state index in [0.717, 1.165) is 16.9 Å². The maximum absolute atomic E-state index is 12.7. The van der Waals surface area contributed by atoms with E-state index < -0.39 is 34.6 Å². The molecule has 0 radical (unpaired) electrons. The van der Waals surface area contributed by atoms with Gasteiger partial charge in [-0.2, -0.15) is 12.7 Å². The Labute approximate surface area is 165 Å². The van der Waals surface area contributed by atoms with Gasteiger partial charge in [0.15, 0.2) is 0 Å². The second-order valence-corrected chi connectivity index (χ2v) is 8.63. The maximum Gasteiger partial charge on any atom is 0.307 e. The molecule has 1 aromatic rings. The third-order valence-electron chi connectivity index (χ3n) is 4.63. The number of amides is 3. The van der Waals surface area contributed by atoms with Crippen molar-refractivity contribution >= 4 is 33.6 Å². The van der Waals surface area contributed by atoms with Gasteiger partial charge in [-0.15, -0.1) is 0 Å². The van der Waals surface area contributed by atoms with Crippen LogP contribution in [-0.4, -0.2) is 72.4 Å². The summed E-state index contributed by atoms with van der Waals surface area (Å²) >= 11 is 0. The number of hydrogen-bond donors (Lipinski definition) is 1. The van der Waals surface area contributed by atoms with Crippen LogP contribution in [0.2, 0.25) is 0 Å². The zero-order valence-electron chi connectivity index (χ0n) is 16.5. The number of anilines is 1. The molecule has 2 rings (SSSR count). The van der Waals surface area contributed by atoms with Crippen LogP contribution in [0.3, 0.4) is 0 Å².